The molecule has 1 amide bonds. The topological polar surface area (TPSA) is 41.6 Å². The van der Waals surface area contributed by atoms with Crippen LogP contribution in [-0.4, -0.2) is 37.6 Å². The summed E-state index contributed by atoms with van der Waals surface area (Å²) in [7, 11) is 1.70. The average Bonchev–Trinajstić information content (AvgIpc) is 2.38. The Balaban J connectivity index is 2.04. The first-order valence-electron chi connectivity index (χ1n) is 5.97. The van der Waals surface area contributed by atoms with E-state index >= 15 is 0 Å². The monoisotopic (exact) mass is 232 g/mol. The Labute approximate surface area is 101 Å². The van der Waals surface area contributed by atoms with Crippen molar-refractivity contribution in [3.63, 3.8) is 0 Å². The van der Waals surface area contributed by atoms with Gasteiger partial charge in [-0.3, -0.25) is 4.79 Å². The number of rotatable bonds is 1. The molecular weight excluding hydrogens is 216 g/mol. The van der Waals surface area contributed by atoms with Crippen molar-refractivity contribution in [2.24, 2.45) is 0 Å². The molecule has 1 saturated heterocycles. The van der Waals surface area contributed by atoms with Gasteiger partial charge in [-0.1, -0.05) is 12.1 Å². The van der Waals surface area contributed by atoms with Crippen molar-refractivity contribution in [1.82, 2.24) is 10.2 Å². The van der Waals surface area contributed by atoms with E-state index in [0.717, 1.165) is 25.3 Å². The Morgan fingerprint density at radius 3 is 3.18 bits per heavy atom. The molecule has 1 atom stereocenters. The molecule has 1 aromatic carbocycles. The molecule has 4 heteroatoms. The van der Waals surface area contributed by atoms with Crippen molar-refractivity contribution in [3.8, 4) is 5.75 Å². The highest BCUT2D eigenvalue weighted by Crippen LogP contribution is 2.35. The predicted octanol–water partition coefficient (Wildman–Crippen LogP) is 0.724. The van der Waals surface area contributed by atoms with E-state index < -0.39 is 0 Å². The van der Waals surface area contributed by atoms with Crippen LogP contribution in [0, 0.1) is 0 Å². The molecule has 3 rings (SSSR count). The van der Waals surface area contributed by atoms with Gasteiger partial charge in [0.25, 0.3) is 0 Å². The summed E-state index contributed by atoms with van der Waals surface area (Å²) >= 11 is 0. The summed E-state index contributed by atoms with van der Waals surface area (Å²) in [5.41, 5.74) is 2.49. The molecule has 90 valence electrons. The zero-order chi connectivity index (χ0) is 11.8. The summed E-state index contributed by atoms with van der Waals surface area (Å²) in [5, 5.41) is 3.18. The molecule has 2 heterocycles. The number of methoxy groups -OCH3 is 1. The number of piperazine rings is 1. The number of ether oxygens (including phenoxy) is 1. The van der Waals surface area contributed by atoms with Crippen LogP contribution in [0.5, 0.6) is 5.75 Å². The summed E-state index contributed by atoms with van der Waals surface area (Å²) in [6.07, 6.45) is 0.890. The third-order valence-electron chi connectivity index (χ3n) is 3.66. The third-order valence-corrected chi connectivity index (χ3v) is 3.66. The zero-order valence-electron chi connectivity index (χ0n) is 9.90. The van der Waals surface area contributed by atoms with Crippen LogP contribution < -0.4 is 10.1 Å². The first-order valence-corrected chi connectivity index (χ1v) is 5.97. The highest BCUT2D eigenvalue weighted by molar-refractivity contribution is 5.80. The van der Waals surface area contributed by atoms with Gasteiger partial charge in [0.15, 0.2) is 0 Å². The van der Waals surface area contributed by atoms with E-state index in [2.05, 4.69) is 11.4 Å². The van der Waals surface area contributed by atoms with Crippen LogP contribution >= 0.6 is 0 Å². The summed E-state index contributed by atoms with van der Waals surface area (Å²) in [5.74, 6) is 1.15. The van der Waals surface area contributed by atoms with Crippen molar-refractivity contribution in [3.05, 3.63) is 29.3 Å². The first-order chi connectivity index (χ1) is 8.31. The minimum Gasteiger partial charge on any atom is -0.496 e. The third kappa shape index (κ3) is 1.60. The van der Waals surface area contributed by atoms with Crippen molar-refractivity contribution in [1.29, 1.82) is 0 Å². The smallest absolute Gasteiger partial charge is 0.237 e. The van der Waals surface area contributed by atoms with Crippen LogP contribution in [0.2, 0.25) is 0 Å². The molecule has 17 heavy (non-hydrogen) atoms. The summed E-state index contributed by atoms with van der Waals surface area (Å²) < 4.78 is 5.40. The van der Waals surface area contributed by atoms with E-state index in [0.29, 0.717) is 6.54 Å². The largest absolute Gasteiger partial charge is 0.496 e. The minimum atomic E-state index is 0.176. The molecule has 2 aliphatic rings. The number of hydrogen-bond acceptors (Lipinski definition) is 3. The maximum Gasteiger partial charge on any atom is 0.237 e. The fourth-order valence-corrected chi connectivity index (χ4v) is 2.85. The fraction of sp³-hybridized carbons (Fsp3) is 0.462. The van der Waals surface area contributed by atoms with E-state index in [1.54, 1.807) is 7.11 Å². The number of fused-ring (bicyclic) bond motifs is 3. The van der Waals surface area contributed by atoms with Gasteiger partial charge in [-0.25, -0.2) is 0 Å². The Morgan fingerprint density at radius 1 is 1.47 bits per heavy atom. The molecule has 0 aliphatic carbocycles. The van der Waals surface area contributed by atoms with Crippen LogP contribution in [0.3, 0.4) is 0 Å². The quantitative estimate of drug-likeness (QED) is 0.776. The van der Waals surface area contributed by atoms with Gasteiger partial charge in [0.05, 0.1) is 19.7 Å². The van der Waals surface area contributed by atoms with E-state index in [1.807, 2.05) is 17.0 Å². The molecule has 2 aliphatic heterocycles. The lowest BCUT2D eigenvalue weighted by molar-refractivity contribution is -0.135. The highest BCUT2D eigenvalue weighted by atomic mass is 16.5. The molecule has 0 spiro atoms. The lowest BCUT2D eigenvalue weighted by Crippen LogP contribution is -2.52. The van der Waals surface area contributed by atoms with Crippen LogP contribution in [-0.2, 0) is 11.2 Å². The van der Waals surface area contributed by atoms with E-state index in [9.17, 15) is 4.79 Å². The fourth-order valence-electron chi connectivity index (χ4n) is 2.85. The summed E-state index contributed by atoms with van der Waals surface area (Å²) in [6, 6.07) is 6.28. The number of benzene rings is 1. The highest BCUT2D eigenvalue weighted by Gasteiger charge is 2.34. The van der Waals surface area contributed by atoms with Crippen LogP contribution in [0.15, 0.2) is 18.2 Å². The van der Waals surface area contributed by atoms with Crippen molar-refractivity contribution >= 4 is 5.91 Å². The molecule has 4 nitrogen and oxygen atoms in total. The average molecular weight is 232 g/mol. The molecular formula is C13H16N2O2. The van der Waals surface area contributed by atoms with Gasteiger partial charge in [0, 0.05) is 18.7 Å². The van der Waals surface area contributed by atoms with Gasteiger partial charge in [-0.2, -0.15) is 0 Å². The van der Waals surface area contributed by atoms with Crippen molar-refractivity contribution < 1.29 is 9.53 Å². The second kappa shape index (κ2) is 4.04. The minimum absolute atomic E-state index is 0.176. The number of carbonyl (C=O) groups is 1. The SMILES string of the molecule is COc1cccc2c1CCN1C(=O)CNCC21. The van der Waals surface area contributed by atoms with Crippen LogP contribution in [0.1, 0.15) is 17.2 Å². The molecule has 1 aromatic rings. The van der Waals surface area contributed by atoms with Gasteiger partial charge < -0.3 is 15.0 Å². The summed E-state index contributed by atoms with van der Waals surface area (Å²) in [4.78, 5) is 13.8. The van der Waals surface area contributed by atoms with Crippen LogP contribution in [0.4, 0.5) is 0 Å². The molecule has 1 N–H and O–H groups in total. The Morgan fingerprint density at radius 2 is 2.35 bits per heavy atom. The number of hydrogen-bond donors (Lipinski definition) is 1. The number of nitrogens with zero attached hydrogens (tertiary/aromatic N) is 1. The molecule has 0 saturated carbocycles. The van der Waals surface area contributed by atoms with Gasteiger partial charge in [0.2, 0.25) is 5.91 Å². The Bertz CT molecular complexity index is 459. The lowest BCUT2D eigenvalue weighted by atomic mass is 9.90. The standard InChI is InChI=1S/C13H16N2O2/c1-17-12-4-2-3-9-10(12)5-6-15-11(9)7-14-8-13(15)16/h2-4,11,14H,5-8H2,1H3. The summed E-state index contributed by atoms with van der Waals surface area (Å²) in [6.45, 7) is 2.11. The number of amides is 1. The predicted molar refractivity (Wildman–Crippen MR) is 64.0 cm³/mol. The second-order valence-corrected chi connectivity index (χ2v) is 4.51. The zero-order valence-corrected chi connectivity index (χ0v) is 9.90. The van der Waals surface area contributed by atoms with Gasteiger partial charge in [-0.15, -0.1) is 0 Å². The molecule has 1 unspecified atom stereocenters. The lowest BCUT2D eigenvalue weighted by Gasteiger charge is -2.41. The molecule has 0 radical (unpaired) electrons. The van der Waals surface area contributed by atoms with Crippen molar-refractivity contribution in [2.75, 3.05) is 26.7 Å². The number of nitrogens with one attached hydrogen (secondary N) is 1. The first kappa shape index (κ1) is 10.6. The van der Waals surface area contributed by atoms with E-state index in [-0.39, 0.29) is 11.9 Å². The maximum atomic E-state index is 11.8. The number of carbonyl (C=O) groups excluding carboxylic acids is 1. The normalized spacial score (nSPS) is 23.0. The van der Waals surface area contributed by atoms with Gasteiger partial charge in [0.1, 0.15) is 5.75 Å². The molecule has 0 aromatic heterocycles. The Hall–Kier alpha value is -1.55. The van der Waals surface area contributed by atoms with E-state index in [1.165, 1.54) is 11.1 Å². The molecule has 0 bridgehead atoms. The Kier molecular flexibility index (Phi) is 2.52. The van der Waals surface area contributed by atoms with E-state index in [4.69, 9.17) is 4.74 Å². The van der Waals surface area contributed by atoms with Gasteiger partial charge in [-0.05, 0) is 18.1 Å². The second-order valence-electron chi connectivity index (χ2n) is 4.51. The van der Waals surface area contributed by atoms with Crippen LogP contribution in [0.25, 0.3) is 0 Å². The maximum absolute atomic E-state index is 11.8. The van der Waals surface area contributed by atoms with Crippen molar-refractivity contribution in [2.45, 2.75) is 12.5 Å². The molecule has 1 fully saturated rings. The van der Waals surface area contributed by atoms with Gasteiger partial charge >= 0.3 is 0 Å².